The van der Waals surface area contributed by atoms with E-state index in [-0.39, 0.29) is 6.04 Å². The zero-order valence-electron chi connectivity index (χ0n) is 10.3. The highest BCUT2D eigenvalue weighted by molar-refractivity contribution is 5.83. The van der Waals surface area contributed by atoms with Gasteiger partial charge in [-0.1, -0.05) is 18.2 Å². The third kappa shape index (κ3) is 1.44. The van der Waals surface area contributed by atoms with Gasteiger partial charge in [0.1, 0.15) is 0 Å². The van der Waals surface area contributed by atoms with Crippen LogP contribution in [0.5, 0.6) is 0 Å². The molecule has 3 heterocycles. The number of nitrogens with two attached hydrogens (primary N) is 1. The number of aromatic amines is 1. The first-order valence-electron chi connectivity index (χ1n) is 6.80. The van der Waals surface area contributed by atoms with Crippen LogP contribution in [0.3, 0.4) is 0 Å². The van der Waals surface area contributed by atoms with E-state index in [0.717, 1.165) is 6.42 Å². The maximum absolute atomic E-state index is 6.50. The number of para-hydroxylation sites is 1. The summed E-state index contributed by atoms with van der Waals surface area (Å²) in [6, 6.07) is 8.47. The molecule has 1 aromatic carbocycles. The molecule has 0 spiro atoms. The summed E-state index contributed by atoms with van der Waals surface area (Å²) in [4.78, 5) is 3.32. The molecular weight excluding hydrogens is 224 g/mol. The molecule has 94 valence electrons. The molecule has 4 unspecified atom stereocenters. The van der Waals surface area contributed by atoms with E-state index in [2.05, 4.69) is 35.4 Å². The maximum atomic E-state index is 6.50. The van der Waals surface area contributed by atoms with Crippen molar-refractivity contribution in [3.63, 3.8) is 0 Å². The molecule has 4 atom stereocenters. The van der Waals surface area contributed by atoms with Gasteiger partial charge in [0.2, 0.25) is 0 Å². The number of fused-ring (bicyclic) bond motifs is 3. The lowest BCUT2D eigenvalue weighted by Crippen LogP contribution is -2.29. The van der Waals surface area contributed by atoms with E-state index in [4.69, 9.17) is 10.5 Å². The van der Waals surface area contributed by atoms with E-state index < -0.39 is 0 Å². The van der Waals surface area contributed by atoms with Crippen LogP contribution in [0.25, 0.3) is 10.9 Å². The van der Waals surface area contributed by atoms with Crippen LogP contribution < -0.4 is 5.73 Å². The lowest BCUT2D eigenvalue weighted by molar-refractivity contribution is 0.0885. The smallest absolute Gasteiger partial charge is 0.0627 e. The molecule has 3 N–H and O–H groups in total. The lowest BCUT2D eigenvalue weighted by atomic mass is 9.81. The molecule has 18 heavy (non-hydrogen) atoms. The number of hydrogen-bond donors (Lipinski definition) is 2. The second-order valence-corrected chi connectivity index (χ2v) is 5.59. The summed E-state index contributed by atoms with van der Waals surface area (Å²) in [7, 11) is 0. The highest BCUT2D eigenvalue weighted by atomic mass is 16.5. The molecular formula is C15H18N2O. The van der Waals surface area contributed by atoms with Gasteiger partial charge in [0.25, 0.3) is 0 Å². The third-order valence-electron chi connectivity index (χ3n) is 4.59. The third-order valence-corrected chi connectivity index (χ3v) is 4.59. The Morgan fingerprint density at radius 2 is 2.17 bits per heavy atom. The second-order valence-electron chi connectivity index (χ2n) is 5.59. The van der Waals surface area contributed by atoms with E-state index in [1.54, 1.807) is 0 Å². The number of benzene rings is 1. The zero-order valence-corrected chi connectivity index (χ0v) is 10.3. The summed E-state index contributed by atoms with van der Waals surface area (Å²) in [6.07, 6.45) is 6.47. The molecule has 2 fully saturated rings. The minimum absolute atomic E-state index is 0.0939. The van der Waals surface area contributed by atoms with E-state index >= 15 is 0 Å². The first kappa shape index (κ1) is 10.6. The predicted molar refractivity (Wildman–Crippen MR) is 71.2 cm³/mol. The van der Waals surface area contributed by atoms with Crippen LogP contribution in [0.15, 0.2) is 30.5 Å². The molecule has 0 amide bonds. The first-order valence-corrected chi connectivity index (χ1v) is 6.80. The van der Waals surface area contributed by atoms with Crippen molar-refractivity contribution in [2.45, 2.75) is 37.5 Å². The van der Waals surface area contributed by atoms with Crippen LogP contribution in [0.2, 0.25) is 0 Å². The number of rotatable bonds is 2. The van der Waals surface area contributed by atoms with Gasteiger partial charge >= 0.3 is 0 Å². The molecule has 2 aliphatic heterocycles. The second kappa shape index (κ2) is 3.84. The highest BCUT2D eigenvalue weighted by Gasteiger charge is 2.44. The maximum Gasteiger partial charge on any atom is 0.0627 e. The van der Waals surface area contributed by atoms with Crippen LogP contribution in [-0.4, -0.2) is 17.2 Å². The lowest BCUT2D eigenvalue weighted by Gasteiger charge is -2.25. The Morgan fingerprint density at radius 3 is 2.94 bits per heavy atom. The molecule has 1 aromatic heterocycles. The normalized spacial score (nSPS) is 32.2. The average Bonchev–Trinajstić information content (AvgIpc) is 3.12. The fraction of sp³-hybridized carbons (Fsp3) is 0.467. The Labute approximate surface area is 106 Å². The summed E-state index contributed by atoms with van der Waals surface area (Å²) < 4.78 is 5.93. The Bertz CT molecular complexity index is 577. The quantitative estimate of drug-likeness (QED) is 0.850. The summed E-state index contributed by atoms with van der Waals surface area (Å²) >= 11 is 0. The Morgan fingerprint density at radius 1 is 1.28 bits per heavy atom. The van der Waals surface area contributed by atoms with Crippen LogP contribution in [0.4, 0.5) is 0 Å². The van der Waals surface area contributed by atoms with Gasteiger partial charge in [-0.2, -0.15) is 0 Å². The standard InChI is InChI=1S/C15H18N2O/c16-15(11-7-9-5-6-14(11)18-9)12-8-17-13-4-2-1-3-10(12)13/h1-4,8-9,11,14-15,17H,5-7,16H2. The Balaban J connectivity index is 1.70. The minimum atomic E-state index is 0.0939. The van der Waals surface area contributed by atoms with Gasteiger partial charge in [0, 0.05) is 29.1 Å². The molecule has 2 aromatic rings. The minimum Gasteiger partial charge on any atom is -0.375 e. The van der Waals surface area contributed by atoms with Gasteiger partial charge in [0.15, 0.2) is 0 Å². The molecule has 0 radical (unpaired) electrons. The Hall–Kier alpha value is -1.32. The summed E-state index contributed by atoms with van der Waals surface area (Å²) in [6.45, 7) is 0. The number of H-pyrrole nitrogens is 1. The largest absolute Gasteiger partial charge is 0.375 e. The van der Waals surface area contributed by atoms with Crippen LogP contribution in [0.1, 0.15) is 30.9 Å². The van der Waals surface area contributed by atoms with Crippen LogP contribution in [0, 0.1) is 5.92 Å². The van der Waals surface area contributed by atoms with Gasteiger partial charge in [-0.3, -0.25) is 0 Å². The number of ether oxygens (including phenoxy) is 1. The van der Waals surface area contributed by atoms with Crippen molar-refractivity contribution in [1.29, 1.82) is 0 Å². The monoisotopic (exact) mass is 242 g/mol. The van der Waals surface area contributed by atoms with Crippen LogP contribution in [-0.2, 0) is 4.74 Å². The van der Waals surface area contributed by atoms with Gasteiger partial charge < -0.3 is 15.5 Å². The van der Waals surface area contributed by atoms with Gasteiger partial charge in [-0.25, -0.2) is 0 Å². The van der Waals surface area contributed by atoms with Crippen molar-refractivity contribution in [3.05, 3.63) is 36.0 Å². The molecule has 4 rings (SSSR count). The van der Waals surface area contributed by atoms with Crippen molar-refractivity contribution in [2.24, 2.45) is 11.7 Å². The fourth-order valence-corrected chi connectivity index (χ4v) is 3.66. The summed E-state index contributed by atoms with van der Waals surface area (Å²) in [5.41, 5.74) is 8.91. The van der Waals surface area contributed by atoms with E-state index in [1.165, 1.54) is 29.3 Å². The van der Waals surface area contributed by atoms with E-state index in [9.17, 15) is 0 Å². The average molecular weight is 242 g/mol. The van der Waals surface area contributed by atoms with Crippen molar-refractivity contribution in [3.8, 4) is 0 Å². The van der Waals surface area contributed by atoms with Gasteiger partial charge in [-0.05, 0) is 30.9 Å². The van der Waals surface area contributed by atoms with E-state index in [1.807, 2.05) is 0 Å². The molecule has 2 bridgehead atoms. The molecule has 3 heteroatoms. The van der Waals surface area contributed by atoms with Crippen molar-refractivity contribution >= 4 is 10.9 Å². The Kier molecular flexibility index (Phi) is 2.26. The topological polar surface area (TPSA) is 51.0 Å². The van der Waals surface area contributed by atoms with Crippen molar-refractivity contribution < 1.29 is 4.74 Å². The molecule has 2 aliphatic rings. The predicted octanol–water partition coefficient (Wildman–Crippen LogP) is 2.74. The zero-order chi connectivity index (χ0) is 12.1. The number of hydrogen-bond acceptors (Lipinski definition) is 2. The van der Waals surface area contributed by atoms with Crippen LogP contribution >= 0.6 is 0 Å². The van der Waals surface area contributed by atoms with Gasteiger partial charge in [-0.15, -0.1) is 0 Å². The number of nitrogens with one attached hydrogen (secondary N) is 1. The highest BCUT2D eigenvalue weighted by Crippen LogP contribution is 2.44. The van der Waals surface area contributed by atoms with Gasteiger partial charge in [0.05, 0.1) is 12.2 Å². The molecule has 0 saturated carbocycles. The van der Waals surface area contributed by atoms with Crippen molar-refractivity contribution in [2.75, 3.05) is 0 Å². The number of aromatic nitrogens is 1. The molecule has 3 nitrogen and oxygen atoms in total. The molecule has 0 aliphatic carbocycles. The SMILES string of the molecule is NC(c1c[nH]c2ccccc12)C1CC2CCC1O2. The fourth-order valence-electron chi connectivity index (χ4n) is 3.66. The first-order chi connectivity index (χ1) is 8.83. The summed E-state index contributed by atoms with van der Waals surface area (Å²) in [5, 5.41) is 1.26. The molecule has 2 saturated heterocycles. The summed E-state index contributed by atoms with van der Waals surface area (Å²) in [5.74, 6) is 0.489. The van der Waals surface area contributed by atoms with E-state index in [0.29, 0.717) is 18.1 Å². The van der Waals surface area contributed by atoms with Crippen molar-refractivity contribution in [1.82, 2.24) is 4.98 Å².